The van der Waals surface area contributed by atoms with E-state index in [4.69, 9.17) is 18.9 Å². The van der Waals surface area contributed by atoms with Gasteiger partial charge in [0.05, 0.1) is 12.0 Å². The SMILES string of the molecule is C=C1C(=O)O[C@@H]2/C=C(\C)CC/C=C(/C=O)[C@H](OCC)[C@@H](OC(=O)[C@]3(C)O[C@@H]3C)[C@@H]12. The van der Waals surface area contributed by atoms with Gasteiger partial charge in [0.2, 0.25) is 0 Å². The molecule has 0 aromatic carbocycles. The topological polar surface area (TPSA) is 91.4 Å². The Hall–Kier alpha value is -2.25. The van der Waals surface area contributed by atoms with Gasteiger partial charge in [0.15, 0.2) is 5.60 Å². The van der Waals surface area contributed by atoms with Crippen molar-refractivity contribution in [1.82, 2.24) is 0 Å². The van der Waals surface area contributed by atoms with E-state index in [2.05, 4.69) is 6.58 Å². The molecule has 0 saturated carbocycles. The lowest BCUT2D eigenvalue weighted by Crippen LogP contribution is -2.46. The van der Waals surface area contributed by atoms with E-state index < -0.39 is 41.8 Å². The minimum atomic E-state index is -1.05. The summed E-state index contributed by atoms with van der Waals surface area (Å²) < 4.78 is 22.6. The zero-order valence-corrected chi connectivity index (χ0v) is 17.3. The van der Waals surface area contributed by atoms with E-state index >= 15 is 0 Å². The molecule has 7 heteroatoms. The van der Waals surface area contributed by atoms with Crippen LogP contribution < -0.4 is 0 Å². The number of esters is 2. The first-order valence-corrected chi connectivity index (χ1v) is 9.95. The second-order valence-corrected chi connectivity index (χ2v) is 7.91. The highest BCUT2D eigenvalue weighted by Crippen LogP contribution is 2.41. The van der Waals surface area contributed by atoms with Crippen molar-refractivity contribution >= 4 is 18.2 Å². The first kappa shape index (κ1) is 21.5. The second-order valence-electron chi connectivity index (χ2n) is 7.91. The largest absolute Gasteiger partial charge is 0.456 e. The van der Waals surface area contributed by atoms with E-state index in [1.807, 2.05) is 13.0 Å². The molecule has 0 aromatic rings. The average molecular weight is 404 g/mol. The smallest absolute Gasteiger partial charge is 0.341 e. The van der Waals surface area contributed by atoms with Crippen molar-refractivity contribution in [3.63, 3.8) is 0 Å². The summed E-state index contributed by atoms with van der Waals surface area (Å²) in [5.41, 5.74) is 0.529. The maximum Gasteiger partial charge on any atom is 0.341 e. The van der Waals surface area contributed by atoms with E-state index in [0.717, 1.165) is 11.9 Å². The van der Waals surface area contributed by atoms with Crippen LogP contribution in [0, 0.1) is 5.92 Å². The molecule has 0 bridgehead atoms. The average Bonchev–Trinajstić information content (AvgIpc) is 3.20. The number of hydrogen-bond donors (Lipinski definition) is 0. The van der Waals surface area contributed by atoms with Crippen LogP contribution in [0.5, 0.6) is 0 Å². The van der Waals surface area contributed by atoms with Gasteiger partial charge >= 0.3 is 11.9 Å². The quantitative estimate of drug-likeness (QED) is 0.228. The number of ether oxygens (including phenoxy) is 4. The van der Waals surface area contributed by atoms with Crippen molar-refractivity contribution in [3.8, 4) is 0 Å². The molecule has 0 radical (unpaired) electrons. The molecule has 0 N–H and O–H groups in total. The number of hydrogen-bond acceptors (Lipinski definition) is 7. The van der Waals surface area contributed by atoms with Gasteiger partial charge in [-0.25, -0.2) is 9.59 Å². The summed E-state index contributed by atoms with van der Waals surface area (Å²) in [5, 5.41) is 0. The molecular formula is C22H28O7. The molecule has 0 spiro atoms. The molecule has 2 saturated heterocycles. The van der Waals surface area contributed by atoms with Crippen LogP contribution in [0.2, 0.25) is 0 Å². The molecule has 2 heterocycles. The third-order valence-electron chi connectivity index (χ3n) is 5.88. The molecule has 3 rings (SSSR count). The Morgan fingerprint density at radius 2 is 2.14 bits per heavy atom. The monoisotopic (exact) mass is 404 g/mol. The molecule has 2 aliphatic heterocycles. The number of carbonyl (C=O) groups is 3. The summed E-state index contributed by atoms with van der Waals surface area (Å²) in [6.07, 6.45) is 2.97. The lowest BCUT2D eigenvalue weighted by Gasteiger charge is -2.33. The van der Waals surface area contributed by atoms with Crippen molar-refractivity contribution in [1.29, 1.82) is 0 Å². The van der Waals surface area contributed by atoms with Crippen molar-refractivity contribution < 1.29 is 33.3 Å². The van der Waals surface area contributed by atoms with E-state index in [1.165, 1.54) is 0 Å². The van der Waals surface area contributed by atoms with Crippen LogP contribution in [-0.2, 0) is 33.3 Å². The summed E-state index contributed by atoms with van der Waals surface area (Å²) in [7, 11) is 0. The summed E-state index contributed by atoms with van der Waals surface area (Å²) in [6, 6.07) is 0. The third kappa shape index (κ3) is 4.07. The Balaban J connectivity index is 2.06. The van der Waals surface area contributed by atoms with E-state index in [0.29, 0.717) is 25.0 Å². The Morgan fingerprint density at radius 1 is 1.45 bits per heavy atom. The van der Waals surface area contributed by atoms with Gasteiger partial charge in [0, 0.05) is 17.8 Å². The molecule has 158 valence electrons. The zero-order valence-electron chi connectivity index (χ0n) is 17.3. The molecule has 0 unspecified atom stereocenters. The molecule has 7 nitrogen and oxygen atoms in total. The number of rotatable bonds is 5. The molecule has 6 atom stereocenters. The Morgan fingerprint density at radius 3 is 2.72 bits per heavy atom. The van der Waals surface area contributed by atoms with Gasteiger partial charge in [-0.3, -0.25) is 4.79 Å². The maximum absolute atomic E-state index is 12.9. The van der Waals surface area contributed by atoms with Crippen LogP contribution in [0.4, 0.5) is 0 Å². The normalized spacial score (nSPS) is 40.6. The Bertz CT molecular complexity index is 780. The molecular weight excluding hydrogens is 376 g/mol. The first-order valence-electron chi connectivity index (χ1n) is 9.95. The molecule has 29 heavy (non-hydrogen) atoms. The van der Waals surface area contributed by atoms with Crippen LogP contribution in [0.1, 0.15) is 40.5 Å². The lowest BCUT2D eigenvalue weighted by atomic mass is 9.83. The fraction of sp³-hybridized carbons (Fsp3) is 0.591. The summed E-state index contributed by atoms with van der Waals surface area (Å²) in [5.74, 6) is -1.77. The molecule has 0 amide bonds. The van der Waals surface area contributed by atoms with Crippen molar-refractivity contribution in [3.05, 3.63) is 35.5 Å². The highest BCUT2D eigenvalue weighted by atomic mass is 16.7. The summed E-state index contributed by atoms with van der Waals surface area (Å²) >= 11 is 0. The molecule has 1 aliphatic carbocycles. The third-order valence-corrected chi connectivity index (χ3v) is 5.88. The fourth-order valence-electron chi connectivity index (χ4n) is 3.86. The first-order chi connectivity index (χ1) is 13.7. The van der Waals surface area contributed by atoms with E-state index in [9.17, 15) is 14.4 Å². The highest BCUT2D eigenvalue weighted by Gasteiger charge is 2.59. The van der Waals surface area contributed by atoms with Crippen molar-refractivity contribution in [2.24, 2.45) is 5.92 Å². The number of epoxide rings is 1. The standard InChI is InChI=1S/C22H28O7/c1-6-26-18-15(11-23)9-7-8-12(2)10-16-17(13(3)20(24)27-16)19(18)28-21(25)22(5)14(4)29-22/h9-11,14,16-19H,3,6-8H2,1-2,4-5H3/b12-10+,15-9-/t14-,16-,17+,18+,19+,22-/m1/s1. The number of allylic oxidation sites excluding steroid dienone is 2. The maximum atomic E-state index is 12.9. The molecule has 0 aromatic heterocycles. The molecule has 2 fully saturated rings. The van der Waals surface area contributed by atoms with Gasteiger partial charge in [-0.1, -0.05) is 18.2 Å². The second kappa shape index (κ2) is 8.24. The number of fused-ring (bicyclic) bond motifs is 1. The van der Waals surface area contributed by atoms with Crippen molar-refractivity contribution in [2.75, 3.05) is 6.61 Å². The van der Waals surface area contributed by atoms with Gasteiger partial charge in [-0.15, -0.1) is 0 Å². The number of aldehydes is 1. The van der Waals surface area contributed by atoms with Crippen LogP contribution in [-0.4, -0.2) is 54.8 Å². The van der Waals surface area contributed by atoms with Crippen LogP contribution in [0.25, 0.3) is 0 Å². The lowest BCUT2D eigenvalue weighted by molar-refractivity contribution is -0.166. The minimum Gasteiger partial charge on any atom is -0.456 e. The summed E-state index contributed by atoms with van der Waals surface area (Å²) in [4.78, 5) is 37.0. The fourth-order valence-corrected chi connectivity index (χ4v) is 3.86. The van der Waals surface area contributed by atoms with Gasteiger partial charge in [-0.05, 0) is 46.6 Å². The molecule has 3 aliphatic rings. The zero-order chi connectivity index (χ0) is 21.3. The van der Waals surface area contributed by atoms with Gasteiger partial charge in [0.25, 0.3) is 0 Å². The van der Waals surface area contributed by atoms with E-state index in [-0.39, 0.29) is 11.7 Å². The van der Waals surface area contributed by atoms with Crippen LogP contribution >= 0.6 is 0 Å². The van der Waals surface area contributed by atoms with Crippen molar-refractivity contribution in [2.45, 2.75) is 70.6 Å². The Kier molecular flexibility index (Phi) is 6.10. The minimum absolute atomic E-state index is 0.197. The van der Waals surface area contributed by atoms with E-state index in [1.54, 1.807) is 26.8 Å². The highest BCUT2D eigenvalue weighted by molar-refractivity contribution is 5.91. The van der Waals surface area contributed by atoms with Gasteiger partial charge in [0.1, 0.15) is 24.6 Å². The predicted octanol–water partition coefficient (Wildman–Crippen LogP) is 2.44. The van der Waals surface area contributed by atoms with Gasteiger partial charge in [-0.2, -0.15) is 0 Å². The summed E-state index contributed by atoms with van der Waals surface area (Å²) in [6.45, 7) is 11.3. The van der Waals surface area contributed by atoms with Crippen LogP contribution in [0.15, 0.2) is 35.5 Å². The predicted molar refractivity (Wildman–Crippen MR) is 104 cm³/mol. The number of carbonyl (C=O) groups excluding carboxylic acids is 3. The van der Waals surface area contributed by atoms with Gasteiger partial charge < -0.3 is 18.9 Å². The Labute approximate surface area is 170 Å². The van der Waals surface area contributed by atoms with Crippen LogP contribution in [0.3, 0.4) is 0 Å².